The molecule has 1 spiro atoms. The SMILES string of the molecule is Cc1ccc(S(=O)(=O)N2C(=O)N(C(=O)OC(C)(C)C)C[C@@]23C=C[C@H](Br)C3)cc1. The molecule has 1 fully saturated rings. The van der Waals surface area contributed by atoms with Crippen LogP contribution in [0.3, 0.4) is 0 Å². The first kappa shape index (κ1) is 20.9. The van der Waals surface area contributed by atoms with E-state index in [-0.39, 0.29) is 16.3 Å². The van der Waals surface area contributed by atoms with Crippen LogP contribution >= 0.6 is 15.9 Å². The van der Waals surface area contributed by atoms with Crippen LogP contribution in [0.4, 0.5) is 9.59 Å². The number of allylic oxidation sites excluding steroid dienone is 1. The number of amides is 3. The van der Waals surface area contributed by atoms with Crippen LogP contribution in [0.15, 0.2) is 41.3 Å². The van der Waals surface area contributed by atoms with Gasteiger partial charge in [-0.2, -0.15) is 0 Å². The summed E-state index contributed by atoms with van der Waals surface area (Å²) in [6, 6.07) is 5.37. The topological polar surface area (TPSA) is 84.0 Å². The summed E-state index contributed by atoms with van der Waals surface area (Å²) in [6.07, 6.45) is 2.96. The number of hydrogen-bond donors (Lipinski definition) is 0. The van der Waals surface area contributed by atoms with Gasteiger partial charge in [-0.25, -0.2) is 27.2 Å². The van der Waals surface area contributed by atoms with Crippen LogP contribution in [0.2, 0.25) is 0 Å². The molecule has 2 aliphatic rings. The highest BCUT2D eigenvalue weighted by Crippen LogP contribution is 2.42. The van der Waals surface area contributed by atoms with Gasteiger partial charge in [0.25, 0.3) is 10.0 Å². The Bertz CT molecular complexity index is 936. The minimum Gasteiger partial charge on any atom is -0.443 e. The first-order valence-electron chi connectivity index (χ1n) is 8.86. The molecular formula is C19H23BrN2O5S. The second-order valence-electron chi connectivity index (χ2n) is 8.11. The standard InChI is InChI=1S/C19H23BrN2O5S/c1-13-5-7-15(8-6-13)28(25,26)22-16(23)21(17(24)27-18(2,3)4)12-19(22)10-9-14(20)11-19/h5-10,14H,11-12H2,1-4H3/t14-,19-/m0/s1. The molecule has 1 heterocycles. The summed E-state index contributed by atoms with van der Waals surface area (Å²) in [5, 5.41) is 0. The number of carbonyl (C=O) groups is 2. The number of nitrogens with zero attached hydrogens (tertiary/aromatic N) is 2. The van der Waals surface area contributed by atoms with Gasteiger partial charge in [-0.15, -0.1) is 0 Å². The maximum absolute atomic E-state index is 13.4. The maximum Gasteiger partial charge on any atom is 0.418 e. The number of benzene rings is 1. The highest BCUT2D eigenvalue weighted by atomic mass is 79.9. The Morgan fingerprint density at radius 1 is 1.25 bits per heavy atom. The number of urea groups is 1. The quantitative estimate of drug-likeness (QED) is 0.484. The van der Waals surface area contributed by atoms with Crippen molar-refractivity contribution in [1.82, 2.24) is 9.21 Å². The highest BCUT2D eigenvalue weighted by Gasteiger charge is 2.58. The van der Waals surface area contributed by atoms with E-state index in [1.807, 2.05) is 6.92 Å². The molecule has 1 aromatic carbocycles. The molecule has 0 unspecified atom stereocenters. The number of carbonyl (C=O) groups excluding carboxylic acids is 2. The number of halogens is 1. The van der Waals surface area contributed by atoms with Crippen LogP contribution in [0, 0.1) is 6.92 Å². The van der Waals surface area contributed by atoms with Crippen molar-refractivity contribution in [2.45, 2.75) is 55.0 Å². The molecule has 0 N–H and O–H groups in total. The minimum atomic E-state index is -4.17. The van der Waals surface area contributed by atoms with E-state index in [0.717, 1.165) is 14.8 Å². The van der Waals surface area contributed by atoms with Crippen molar-refractivity contribution in [3.8, 4) is 0 Å². The van der Waals surface area contributed by atoms with Gasteiger partial charge in [-0.3, -0.25) is 0 Å². The van der Waals surface area contributed by atoms with Gasteiger partial charge in [0.15, 0.2) is 0 Å². The molecule has 28 heavy (non-hydrogen) atoms. The Kier molecular flexibility index (Phi) is 5.12. The van der Waals surface area contributed by atoms with Gasteiger partial charge in [-0.1, -0.05) is 45.8 Å². The van der Waals surface area contributed by atoms with Crippen molar-refractivity contribution in [3.63, 3.8) is 0 Å². The van der Waals surface area contributed by atoms with E-state index in [4.69, 9.17) is 4.74 Å². The Hall–Kier alpha value is -1.87. The van der Waals surface area contributed by atoms with Gasteiger partial charge in [-0.05, 0) is 46.2 Å². The monoisotopic (exact) mass is 470 g/mol. The maximum atomic E-state index is 13.4. The summed E-state index contributed by atoms with van der Waals surface area (Å²) in [5.74, 6) is 0. The molecule has 1 aliphatic carbocycles. The molecule has 152 valence electrons. The third-order valence-electron chi connectivity index (χ3n) is 4.58. The van der Waals surface area contributed by atoms with E-state index < -0.39 is 33.3 Å². The molecular weight excluding hydrogens is 448 g/mol. The van der Waals surface area contributed by atoms with Gasteiger partial charge in [0.2, 0.25) is 0 Å². The predicted molar refractivity (Wildman–Crippen MR) is 108 cm³/mol. The van der Waals surface area contributed by atoms with Crippen molar-refractivity contribution in [2.24, 2.45) is 0 Å². The number of alkyl halides is 1. The van der Waals surface area contributed by atoms with Crippen LogP contribution < -0.4 is 0 Å². The molecule has 1 aromatic rings. The van der Waals surface area contributed by atoms with Crippen molar-refractivity contribution in [1.29, 1.82) is 0 Å². The molecule has 3 amide bonds. The third-order valence-corrected chi connectivity index (χ3v) is 7.08. The molecule has 2 atom stereocenters. The second kappa shape index (κ2) is 6.88. The molecule has 3 rings (SSSR count). The first-order valence-corrected chi connectivity index (χ1v) is 11.2. The highest BCUT2D eigenvalue weighted by molar-refractivity contribution is 9.09. The number of hydrogen-bond acceptors (Lipinski definition) is 5. The van der Waals surface area contributed by atoms with E-state index in [0.29, 0.717) is 6.42 Å². The predicted octanol–water partition coefficient (Wildman–Crippen LogP) is 3.82. The van der Waals surface area contributed by atoms with Crippen molar-refractivity contribution < 1.29 is 22.7 Å². The number of rotatable bonds is 2. The fourth-order valence-corrected chi connectivity index (χ4v) is 5.73. The smallest absolute Gasteiger partial charge is 0.418 e. The summed E-state index contributed by atoms with van der Waals surface area (Å²) in [4.78, 5) is 26.5. The fraction of sp³-hybridized carbons (Fsp3) is 0.474. The lowest BCUT2D eigenvalue weighted by Crippen LogP contribution is -2.48. The van der Waals surface area contributed by atoms with Crippen molar-refractivity contribution in [2.75, 3.05) is 6.54 Å². The number of ether oxygens (including phenoxy) is 1. The second-order valence-corrected chi connectivity index (χ2v) is 11.1. The summed E-state index contributed by atoms with van der Waals surface area (Å²) in [6.45, 7) is 6.81. The largest absolute Gasteiger partial charge is 0.443 e. The lowest BCUT2D eigenvalue weighted by Gasteiger charge is -2.31. The molecule has 1 aliphatic heterocycles. The lowest BCUT2D eigenvalue weighted by molar-refractivity contribution is 0.0343. The van der Waals surface area contributed by atoms with Crippen LogP contribution in [-0.2, 0) is 14.8 Å². The summed E-state index contributed by atoms with van der Waals surface area (Å²) in [7, 11) is -4.17. The Labute approximate surface area is 173 Å². The van der Waals surface area contributed by atoms with Gasteiger partial charge in [0.05, 0.1) is 17.0 Å². The van der Waals surface area contributed by atoms with E-state index in [2.05, 4.69) is 15.9 Å². The summed E-state index contributed by atoms with van der Waals surface area (Å²) < 4.78 is 32.8. The molecule has 0 bridgehead atoms. The van der Waals surface area contributed by atoms with Gasteiger partial charge < -0.3 is 4.74 Å². The van der Waals surface area contributed by atoms with Crippen LogP contribution in [0.1, 0.15) is 32.8 Å². The van der Waals surface area contributed by atoms with Crippen molar-refractivity contribution >= 4 is 38.1 Å². The Morgan fingerprint density at radius 3 is 2.36 bits per heavy atom. The average molecular weight is 471 g/mol. The number of imide groups is 1. The zero-order valence-corrected chi connectivity index (χ0v) is 18.6. The molecule has 0 saturated carbocycles. The van der Waals surface area contributed by atoms with E-state index in [1.54, 1.807) is 45.1 Å². The van der Waals surface area contributed by atoms with E-state index in [1.165, 1.54) is 12.1 Å². The van der Waals surface area contributed by atoms with Gasteiger partial charge >= 0.3 is 12.1 Å². The zero-order chi connectivity index (χ0) is 20.9. The lowest BCUT2D eigenvalue weighted by atomic mass is 10.0. The third kappa shape index (κ3) is 3.69. The van der Waals surface area contributed by atoms with Gasteiger partial charge in [0, 0.05) is 4.83 Å². The number of aryl methyl sites for hydroxylation is 1. The van der Waals surface area contributed by atoms with E-state index in [9.17, 15) is 18.0 Å². The number of sulfonamides is 1. The average Bonchev–Trinajstić information content (AvgIpc) is 3.06. The van der Waals surface area contributed by atoms with Crippen LogP contribution in [0.5, 0.6) is 0 Å². The first-order chi connectivity index (χ1) is 12.9. The van der Waals surface area contributed by atoms with E-state index >= 15 is 0 Å². The summed E-state index contributed by atoms with van der Waals surface area (Å²) in [5.41, 5.74) is -1.05. The normalized spacial score (nSPS) is 25.0. The minimum absolute atomic E-state index is 0.00304. The van der Waals surface area contributed by atoms with Crippen LogP contribution in [-0.4, -0.2) is 52.3 Å². The Balaban J connectivity index is 2.04. The summed E-state index contributed by atoms with van der Waals surface area (Å²) >= 11 is 3.45. The fourth-order valence-electron chi connectivity index (χ4n) is 3.35. The van der Waals surface area contributed by atoms with Gasteiger partial charge in [0.1, 0.15) is 5.60 Å². The molecule has 9 heteroatoms. The molecule has 7 nitrogen and oxygen atoms in total. The van der Waals surface area contributed by atoms with Crippen LogP contribution in [0.25, 0.3) is 0 Å². The molecule has 0 aromatic heterocycles. The molecule has 0 radical (unpaired) electrons. The molecule has 1 saturated heterocycles. The Morgan fingerprint density at radius 2 is 1.86 bits per heavy atom. The zero-order valence-electron chi connectivity index (χ0n) is 16.2. The van der Waals surface area contributed by atoms with Crippen molar-refractivity contribution in [3.05, 3.63) is 42.0 Å².